The maximum absolute atomic E-state index is 5.81. The van der Waals surface area contributed by atoms with E-state index in [9.17, 15) is 0 Å². The Hall–Kier alpha value is -0.0400. The molecule has 0 atom stereocenters. The van der Waals surface area contributed by atoms with Crippen molar-refractivity contribution in [1.82, 2.24) is 0 Å². The van der Waals surface area contributed by atoms with E-state index in [1.54, 1.807) is 0 Å². The average molecular weight is 154 g/mol. The van der Waals surface area contributed by atoms with Gasteiger partial charge < -0.3 is 5.73 Å². The first kappa shape index (κ1) is 9.05. The molecule has 1 radical (unpaired) electrons. The molecule has 0 amide bonds. The predicted molar refractivity (Wildman–Crippen MR) is 49.1 cm³/mol. The summed E-state index contributed by atoms with van der Waals surface area (Å²) in [5, 5.41) is 0. The minimum Gasteiger partial charge on any atom is -0.328 e. The van der Waals surface area contributed by atoms with Crippen LogP contribution in [-0.2, 0) is 0 Å². The summed E-state index contributed by atoms with van der Waals surface area (Å²) in [4.78, 5) is 0. The van der Waals surface area contributed by atoms with Gasteiger partial charge in [0.1, 0.15) is 0 Å². The van der Waals surface area contributed by atoms with Crippen LogP contribution in [0.2, 0.25) is 0 Å². The Morgan fingerprint density at radius 1 is 1.18 bits per heavy atom. The molecule has 1 fully saturated rings. The maximum atomic E-state index is 5.81. The van der Waals surface area contributed by atoms with Crippen molar-refractivity contribution in [1.29, 1.82) is 0 Å². The van der Waals surface area contributed by atoms with Gasteiger partial charge in [0.2, 0.25) is 0 Å². The van der Waals surface area contributed by atoms with Crippen LogP contribution in [0.3, 0.4) is 0 Å². The minimum atomic E-state index is 0.506. The Labute approximate surface area is 70.4 Å². The fraction of sp³-hybridized carbons (Fsp3) is 0.900. The lowest BCUT2D eigenvalue weighted by Gasteiger charge is -2.25. The van der Waals surface area contributed by atoms with Gasteiger partial charge in [0.25, 0.3) is 0 Å². The minimum absolute atomic E-state index is 0.506. The third-order valence-corrected chi connectivity index (χ3v) is 2.75. The average Bonchev–Trinajstić information content (AvgIpc) is 2.04. The van der Waals surface area contributed by atoms with Gasteiger partial charge in [-0.3, -0.25) is 0 Å². The van der Waals surface area contributed by atoms with Crippen LogP contribution in [0.5, 0.6) is 0 Å². The monoisotopic (exact) mass is 154 g/mol. The largest absolute Gasteiger partial charge is 0.328 e. The first-order valence-electron chi connectivity index (χ1n) is 4.87. The van der Waals surface area contributed by atoms with E-state index in [1.807, 2.05) is 0 Å². The lowest BCUT2D eigenvalue weighted by atomic mass is 9.83. The standard InChI is InChI=1S/C10H20N/c1-2-3-4-9-5-7-10(11)8-6-9/h9-10H,1-8,11H2. The van der Waals surface area contributed by atoms with Crippen LogP contribution >= 0.6 is 0 Å². The highest BCUT2D eigenvalue weighted by molar-refractivity contribution is 4.74. The molecule has 1 aliphatic carbocycles. The van der Waals surface area contributed by atoms with E-state index in [-0.39, 0.29) is 0 Å². The normalized spacial score (nSPS) is 32.2. The van der Waals surface area contributed by atoms with Crippen LogP contribution in [0.25, 0.3) is 0 Å². The van der Waals surface area contributed by atoms with Crippen LogP contribution < -0.4 is 5.73 Å². The fourth-order valence-corrected chi connectivity index (χ4v) is 1.91. The number of unbranched alkanes of at least 4 members (excludes halogenated alkanes) is 1. The highest BCUT2D eigenvalue weighted by atomic mass is 14.6. The summed E-state index contributed by atoms with van der Waals surface area (Å²) in [5.74, 6) is 0.969. The van der Waals surface area contributed by atoms with E-state index >= 15 is 0 Å². The molecule has 0 heterocycles. The second-order valence-corrected chi connectivity index (χ2v) is 3.78. The Morgan fingerprint density at radius 3 is 2.36 bits per heavy atom. The van der Waals surface area contributed by atoms with Gasteiger partial charge >= 0.3 is 0 Å². The van der Waals surface area contributed by atoms with E-state index in [0.29, 0.717) is 6.04 Å². The lowest BCUT2D eigenvalue weighted by Crippen LogP contribution is -2.26. The molecule has 0 aromatic rings. The summed E-state index contributed by atoms with van der Waals surface area (Å²) < 4.78 is 0. The van der Waals surface area contributed by atoms with Crippen molar-refractivity contribution in [3.63, 3.8) is 0 Å². The molecule has 0 bridgehead atoms. The molecule has 0 aromatic heterocycles. The fourth-order valence-electron chi connectivity index (χ4n) is 1.91. The number of hydrogen-bond acceptors (Lipinski definition) is 1. The second-order valence-electron chi connectivity index (χ2n) is 3.78. The van der Waals surface area contributed by atoms with Gasteiger partial charge in [0.05, 0.1) is 0 Å². The Morgan fingerprint density at radius 2 is 1.82 bits per heavy atom. The van der Waals surface area contributed by atoms with Crippen molar-refractivity contribution < 1.29 is 0 Å². The number of hydrogen-bond donors (Lipinski definition) is 1. The quantitative estimate of drug-likeness (QED) is 0.664. The number of nitrogens with two attached hydrogens (primary N) is 1. The molecule has 0 aliphatic heterocycles. The van der Waals surface area contributed by atoms with Crippen LogP contribution in [0.4, 0.5) is 0 Å². The van der Waals surface area contributed by atoms with Crippen LogP contribution in [0, 0.1) is 12.8 Å². The third kappa shape index (κ3) is 3.24. The number of rotatable bonds is 3. The van der Waals surface area contributed by atoms with Crippen molar-refractivity contribution in [3.05, 3.63) is 6.92 Å². The molecule has 1 nitrogen and oxygen atoms in total. The molecule has 2 N–H and O–H groups in total. The molecule has 0 aromatic carbocycles. The van der Waals surface area contributed by atoms with Crippen LogP contribution in [0.15, 0.2) is 0 Å². The summed E-state index contributed by atoms with van der Waals surface area (Å²) >= 11 is 0. The molecule has 11 heavy (non-hydrogen) atoms. The van der Waals surface area contributed by atoms with E-state index in [0.717, 1.165) is 12.3 Å². The molecular weight excluding hydrogens is 134 g/mol. The van der Waals surface area contributed by atoms with Gasteiger partial charge in [-0.1, -0.05) is 26.2 Å². The van der Waals surface area contributed by atoms with Gasteiger partial charge in [-0.05, 0) is 31.6 Å². The topological polar surface area (TPSA) is 26.0 Å². The van der Waals surface area contributed by atoms with Gasteiger partial charge in [-0.2, -0.15) is 0 Å². The Balaban J connectivity index is 2.07. The second kappa shape index (κ2) is 4.76. The molecule has 0 spiro atoms. The van der Waals surface area contributed by atoms with Crippen molar-refractivity contribution in [2.75, 3.05) is 0 Å². The summed E-state index contributed by atoms with van der Waals surface area (Å²) in [7, 11) is 0. The highest BCUT2D eigenvalue weighted by Crippen LogP contribution is 2.26. The highest BCUT2D eigenvalue weighted by Gasteiger charge is 2.17. The van der Waals surface area contributed by atoms with Gasteiger partial charge in [0.15, 0.2) is 0 Å². The van der Waals surface area contributed by atoms with Crippen LogP contribution in [-0.4, -0.2) is 6.04 Å². The van der Waals surface area contributed by atoms with Gasteiger partial charge in [-0.25, -0.2) is 0 Å². The van der Waals surface area contributed by atoms with Crippen molar-refractivity contribution >= 4 is 0 Å². The van der Waals surface area contributed by atoms with Gasteiger partial charge in [-0.15, -0.1) is 0 Å². The van der Waals surface area contributed by atoms with E-state index < -0.39 is 0 Å². The van der Waals surface area contributed by atoms with Gasteiger partial charge in [0, 0.05) is 6.04 Å². The molecule has 1 heteroatoms. The Kier molecular flexibility index (Phi) is 3.92. The zero-order valence-corrected chi connectivity index (χ0v) is 7.39. The molecular formula is C10H20N. The molecule has 0 saturated heterocycles. The molecule has 1 rings (SSSR count). The molecule has 65 valence electrons. The van der Waals surface area contributed by atoms with E-state index in [2.05, 4.69) is 6.92 Å². The van der Waals surface area contributed by atoms with Crippen LogP contribution in [0.1, 0.15) is 44.9 Å². The predicted octanol–water partition coefficient (Wildman–Crippen LogP) is 2.51. The summed E-state index contributed by atoms with van der Waals surface area (Å²) in [6.45, 7) is 3.86. The van der Waals surface area contributed by atoms with Crippen molar-refractivity contribution in [2.24, 2.45) is 11.7 Å². The lowest BCUT2D eigenvalue weighted by molar-refractivity contribution is 0.306. The summed E-state index contributed by atoms with van der Waals surface area (Å²) in [6, 6.07) is 0.506. The third-order valence-electron chi connectivity index (χ3n) is 2.75. The maximum Gasteiger partial charge on any atom is 0.00390 e. The zero-order chi connectivity index (χ0) is 8.10. The molecule has 1 aliphatic rings. The summed E-state index contributed by atoms with van der Waals surface area (Å²) in [5.41, 5.74) is 5.81. The van der Waals surface area contributed by atoms with E-state index in [4.69, 9.17) is 5.73 Å². The van der Waals surface area contributed by atoms with Crippen molar-refractivity contribution in [2.45, 2.75) is 51.0 Å². The smallest absolute Gasteiger partial charge is 0.00390 e. The zero-order valence-electron chi connectivity index (χ0n) is 7.39. The van der Waals surface area contributed by atoms with E-state index in [1.165, 1.54) is 38.5 Å². The van der Waals surface area contributed by atoms with Crippen molar-refractivity contribution in [3.8, 4) is 0 Å². The first-order valence-corrected chi connectivity index (χ1v) is 4.87. The molecule has 1 saturated carbocycles. The first-order chi connectivity index (χ1) is 5.33. The summed E-state index contributed by atoms with van der Waals surface area (Å²) in [6.07, 6.45) is 9.02. The molecule has 0 unspecified atom stereocenters. The SMILES string of the molecule is [CH2]CCCC1CCC(N)CC1. The Bertz CT molecular complexity index is 90.3.